The van der Waals surface area contributed by atoms with Gasteiger partial charge in [-0.2, -0.15) is 0 Å². The lowest BCUT2D eigenvalue weighted by atomic mass is 10.2. The fourth-order valence-electron chi connectivity index (χ4n) is 0.897. The molecule has 1 aromatic rings. The first-order valence-corrected chi connectivity index (χ1v) is 5.08. The van der Waals surface area contributed by atoms with Gasteiger partial charge in [0.1, 0.15) is 5.84 Å². The summed E-state index contributed by atoms with van der Waals surface area (Å²) in [5.74, 6) is 0.557. The molecular weight excluding hydrogens is 277 g/mol. The van der Waals surface area contributed by atoms with Crippen LogP contribution in [0.15, 0.2) is 29.3 Å². The Labute approximate surface area is 91.4 Å². The van der Waals surface area contributed by atoms with Crippen LogP contribution >= 0.6 is 22.6 Å². The van der Waals surface area contributed by atoms with Crippen LogP contribution in [0.5, 0.6) is 0 Å². The maximum atomic E-state index is 5.72. The number of hydrogen-bond donors (Lipinski definition) is 2. The zero-order valence-corrected chi connectivity index (χ0v) is 9.36. The summed E-state index contributed by atoms with van der Waals surface area (Å²) >= 11 is 2.25. The van der Waals surface area contributed by atoms with Gasteiger partial charge in [0.15, 0.2) is 0 Å². The minimum Gasteiger partial charge on any atom is -0.384 e. The van der Waals surface area contributed by atoms with E-state index >= 15 is 0 Å². The highest BCUT2D eigenvalue weighted by molar-refractivity contribution is 14.1. The third-order valence-electron chi connectivity index (χ3n) is 1.55. The van der Waals surface area contributed by atoms with Crippen LogP contribution in [0.25, 0.3) is 0 Å². The second-order valence-corrected chi connectivity index (χ2v) is 3.81. The molecule has 0 aliphatic rings. The van der Waals surface area contributed by atoms with Crippen molar-refractivity contribution in [3.8, 4) is 0 Å². The number of nitrogens with zero attached hydrogens (tertiary/aromatic N) is 1. The van der Waals surface area contributed by atoms with E-state index in [0.29, 0.717) is 18.9 Å². The van der Waals surface area contributed by atoms with Crippen molar-refractivity contribution in [3.63, 3.8) is 0 Å². The van der Waals surface area contributed by atoms with Gasteiger partial charge in [0.05, 0.1) is 6.54 Å². The fourth-order valence-corrected chi connectivity index (χ4v) is 1.26. The zero-order chi connectivity index (χ0) is 9.68. The minimum atomic E-state index is 0.533. The Hall–Kier alpha value is -0.620. The summed E-state index contributed by atoms with van der Waals surface area (Å²) in [7, 11) is 0. The van der Waals surface area contributed by atoms with Gasteiger partial charge in [0, 0.05) is 15.7 Å². The first kappa shape index (κ1) is 10.5. The lowest BCUT2D eigenvalue weighted by Crippen LogP contribution is -2.15. The Bertz CT molecular complexity index is 292. The Kier molecular flexibility index (Phi) is 4.17. The number of benzene rings is 1. The third kappa shape index (κ3) is 3.31. The van der Waals surface area contributed by atoms with Gasteiger partial charge in [-0.3, -0.25) is 4.99 Å². The van der Waals surface area contributed by atoms with Crippen molar-refractivity contribution < 1.29 is 0 Å². The smallest absolute Gasteiger partial charge is 0.125 e. The summed E-state index contributed by atoms with van der Waals surface area (Å²) in [5, 5.41) is 0. The number of rotatable bonds is 3. The number of halogens is 1. The van der Waals surface area contributed by atoms with Gasteiger partial charge < -0.3 is 11.5 Å². The lowest BCUT2D eigenvalue weighted by molar-refractivity contribution is 0.973. The Morgan fingerprint density at radius 2 is 1.92 bits per heavy atom. The lowest BCUT2D eigenvalue weighted by Gasteiger charge is -2.00. The average Bonchev–Trinajstić information content (AvgIpc) is 2.15. The predicted octanol–water partition coefficient (Wildman–Crippen LogP) is 0.955. The van der Waals surface area contributed by atoms with Crippen molar-refractivity contribution in [2.75, 3.05) is 13.1 Å². The molecule has 0 aliphatic carbocycles. The molecule has 0 bridgehead atoms. The number of nitrogens with two attached hydrogens (primary N) is 2. The highest BCUT2D eigenvalue weighted by Gasteiger charge is 1.96. The van der Waals surface area contributed by atoms with Crippen molar-refractivity contribution >= 4 is 28.4 Å². The molecular formula is C9H12IN3. The number of aliphatic imine (C=N–C) groups is 1. The van der Waals surface area contributed by atoms with E-state index < -0.39 is 0 Å². The molecule has 1 aromatic carbocycles. The van der Waals surface area contributed by atoms with E-state index in [9.17, 15) is 0 Å². The van der Waals surface area contributed by atoms with Crippen LogP contribution in [0.2, 0.25) is 0 Å². The van der Waals surface area contributed by atoms with Crippen LogP contribution < -0.4 is 11.5 Å². The zero-order valence-electron chi connectivity index (χ0n) is 7.20. The quantitative estimate of drug-likeness (QED) is 0.494. The van der Waals surface area contributed by atoms with Crippen molar-refractivity contribution in [1.29, 1.82) is 0 Å². The summed E-state index contributed by atoms with van der Waals surface area (Å²) < 4.78 is 1.19. The highest BCUT2D eigenvalue weighted by Crippen LogP contribution is 2.06. The standard InChI is InChI=1S/C9H12IN3/c10-8-3-1-7(2-4-8)9(12)13-6-5-11/h1-4H,5-6,11H2,(H2,12,13). The molecule has 0 spiro atoms. The van der Waals surface area contributed by atoms with Crippen molar-refractivity contribution in [2.24, 2.45) is 16.5 Å². The maximum absolute atomic E-state index is 5.72. The predicted molar refractivity (Wildman–Crippen MR) is 63.8 cm³/mol. The van der Waals surface area contributed by atoms with E-state index in [1.165, 1.54) is 3.57 Å². The van der Waals surface area contributed by atoms with Crippen LogP contribution in [-0.4, -0.2) is 18.9 Å². The third-order valence-corrected chi connectivity index (χ3v) is 2.27. The molecule has 0 amide bonds. The van der Waals surface area contributed by atoms with Gasteiger partial charge in [0.2, 0.25) is 0 Å². The van der Waals surface area contributed by atoms with Crippen LogP contribution in [0.4, 0.5) is 0 Å². The van der Waals surface area contributed by atoms with Crippen LogP contribution in [0.1, 0.15) is 5.56 Å². The van der Waals surface area contributed by atoms with E-state index in [0.717, 1.165) is 5.56 Å². The SMILES string of the molecule is NCCN=C(N)c1ccc(I)cc1. The van der Waals surface area contributed by atoms with Crippen LogP contribution in [0, 0.1) is 3.57 Å². The molecule has 0 saturated carbocycles. The van der Waals surface area contributed by atoms with E-state index in [1.807, 2.05) is 24.3 Å². The summed E-state index contributed by atoms with van der Waals surface area (Å²) in [5.41, 5.74) is 12.0. The van der Waals surface area contributed by atoms with Gasteiger partial charge in [-0.05, 0) is 34.7 Å². The van der Waals surface area contributed by atoms with E-state index in [-0.39, 0.29) is 0 Å². The van der Waals surface area contributed by atoms with Crippen LogP contribution in [-0.2, 0) is 0 Å². The molecule has 0 aliphatic heterocycles. The summed E-state index contributed by atoms with van der Waals surface area (Å²) in [6, 6.07) is 7.91. The van der Waals surface area contributed by atoms with Gasteiger partial charge in [-0.25, -0.2) is 0 Å². The molecule has 0 unspecified atom stereocenters. The first-order valence-electron chi connectivity index (χ1n) is 4.00. The topological polar surface area (TPSA) is 64.4 Å². The molecule has 3 nitrogen and oxygen atoms in total. The number of hydrogen-bond acceptors (Lipinski definition) is 2. The Morgan fingerprint density at radius 3 is 2.46 bits per heavy atom. The van der Waals surface area contributed by atoms with Gasteiger partial charge in [-0.15, -0.1) is 0 Å². The van der Waals surface area contributed by atoms with Crippen LogP contribution in [0.3, 0.4) is 0 Å². The van der Waals surface area contributed by atoms with Crippen molar-refractivity contribution in [2.45, 2.75) is 0 Å². The van der Waals surface area contributed by atoms with Gasteiger partial charge >= 0.3 is 0 Å². The average molecular weight is 289 g/mol. The maximum Gasteiger partial charge on any atom is 0.125 e. The van der Waals surface area contributed by atoms with E-state index in [4.69, 9.17) is 11.5 Å². The minimum absolute atomic E-state index is 0.533. The largest absolute Gasteiger partial charge is 0.384 e. The molecule has 4 N–H and O–H groups in total. The molecule has 0 saturated heterocycles. The summed E-state index contributed by atoms with van der Waals surface area (Å²) in [6.45, 7) is 1.11. The Balaban J connectivity index is 2.77. The summed E-state index contributed by atoms with van der Waals surface area (Å²) in [6.07, 6.45) is 0. The number of amidine groups is 1. The Morgan fingerprint density at radius 1 is 1.31 bits per heavy atom. The monoisotopic (exact) mass is 289 g/mol. The molecule has 13 heavy (non-hydrogen) atoms. The normalized spacial score (nSPS) is 11.7. The molecule has 0 fully saturated rings. The molecule has 0 heterocycles. The van der Waals surface area contributed by atoms with Crippen molar-refractivity contribution in [1.82, 2.24) is 0 Å². The van der Waals surface area contributed by atoms with Gasteiger partial charge in [0.25, 0.3) is 0 Å². The van der Waals surface area contributed by atoms with E-state index in [1.54, 1.807) is 0 Å². The second kappa shape index (κ2) is 5.18. The molecule has 0 aromatic heterocycles. The fraction of sp³-hybridized carbons (Fsp3) is 0.222. The summed E-state index contributed by atoms with van der Waals surface area (Å²) in [4.78, 5) is 4.11. The van der Waals surface area contributed by atoms with Crippen molar-refractivity contribution in [3.05, 3.63) is 33.4 Å². The molecule has 4 heteroatoms. The van der Waals surface area contributed by atoms with Gasteiger partial charge in [-0.1, -0.05) is 12.1 Å². The molecule has 70 valence electrons. The first-order chi connectivity index (χ1) is 6.24. The molecule has 1 rings (SSSR count). The molecule has 0 radical (unpaired) electrons. The highest BCUT2D eigenvalue weighted by atomic mass is 127. The van der Waals surface area contributed by atoms with E-state index in [2.05, 4.69) is 27.6 Å². The molecule has 0 atom stereocenters. The second-order valence-electron chi connectivity index (χ2n) is 2.56.